The van der Waals surface area contributed by atoms with Crippen LogP contribution in [-0.4, -0.2) is 124 Å². The van der Waals surface area contributed by atoms with Gasteiger partial charge in [0.1, 0.15) is 34.0 Å². The summed E-state index contributed by atoms with van der Waals surface area (Å²) in [5, 5.41) is 18.9. The van der Waals surface area contributed by atoms with Gasteiger partial charge in [0.05, 0.1) is 74.3 Å². The molecule has 0 amide bonds. The zero-order chi connectivity index (χ0) is 75.9. The summed E-state index contributed by atoms with van der Waals surface area (Å²) < 4.78 is 171. The molecule has 12 bridgehead atoms. The maximum atomic E-state index is 13.8. The minimum absolute atomic E-state index is 0.00959. The zero-order valence-electron chi connectivity index (χ0n) is 57.5. The van der Waals surface area contributed by atoms with Gasteiger partial charge in [-0.2, -0.15) is 15.0 Å². The number of nitrogens with zero attached hydrogens (tertiary/aromatic N) is 6. The van der Waals surface area contributed by atoms with E-state index in [9.17, 15) is 46.7 Å². The maximum absolute atomic E-state index is 13.8. The van der Waals surface area contributed by atoms with Gasteiger partial charge in [0.15, 0.2) is 0 Å². The van der Waals surface area contributed by atoms with Crippen LogP contribution in [0.3, 0.4) is 0 Å². The van der Waals surface area contributed by atoms with Crippen molar-refractivity contribution in [3.8, 4) is 35.5 Å². The summed E-state index contributed by atoms with van der Waals surface area (Å²) in [4.78, 5) is 27.6. The number of rotatable bonds is 12. The Hall–Kier alpha value is -10.5. The van der Waals surface area contributed by atoms with E-state index >= 15 is 0 Å². The summed E-state index contributed by atoms with van der Waals surface area (Å²) in [7, 11) is -20.0. The first-order chi connectivity index (χ1) is 51.3. The van der Waals surface area contributed by atoms with E-state index in [0.29, 0.717) is 142 Å². The van der Waals surface area contributed by atoms with Crippen LogP contribution in [0.25, 0.3) is 0 Å². The molecule has 0 saturated heterocycles. The lowest BCUT2D eigenvalue weighted by molar-refractivity contribution is 0.557. The van der Waals surface area contributed by atoms with E-state index in [1.807, 2.05) is 0 Å². The van der Waals surface area contributed by atoms with Gasteiger partial charge in [0.2, 0.25) is 47.9 Å². The van der Waals surface area contributed by atoms with E-state index in [1.54, 1.807) is 122 Å². The third-order valence-electron chi connectivity index (χ3n) is 15.8. The quantitative estimate of drug-likeness (QED) is 0.0399. The summed E-state index contributed by atoms with van der Waals surface area (Å²) in [5.41, 5.74) is 3.57. The van der Waals surface area contributed by atoms with Gasteiger partial charge in [-0.05, 0) is 136 Å². The van der Waals surface area contributed by atoms with Gasteiger partial charge < -0.3 is 31.9 Å². The van der Waals surface area contributed by atoms with Crippen LogP contribution < -0.4 is 46.1 Å². The van der Waals surface area contributed by atoms with Crippen molar-refractivity contribution in [3.05, 3.63) is 199 Å². The molecule has 0 fully saturated rings. The SMILES string of the molecule is N=S1(=O)CCCCNc2nc(ncc2C#CCCNS(=O)(=O)c2cccc(F)c2)Nc2cccc1c2.N=S1(=O)CCCCNc2nc(ncc2C#CCCNS(=O)(=O)c2ccccc2)Nc2cccc1c2.N=S1(=O)CCCCNc2nc(ncc2C#CCCNS(=O)(=O)c2ccccc2F)Nc2cccc1c2. The molecule has 27 nitrogen and oxygen atoms in total. The monoisotopic (exact) mass is 1570 g/mol. The Kier molecular flexibility index (Phi) is 27.1. The van der Waals surface area contributed by atoms with Crippen molar-refractivity contribution in [1.29, 1.82) is 14.3 Å². The molecule has 3 unspecified atom stereocenters. The largest absolute Gasteiger partial charge is 0.369 e. The fourth-order valence-corrected chi connectivity index (χ4v) is 18.0. The molecule has 0 saturated carbocycles. The smallest absolute Gasteiger partial charge is 0.243 e. The molecule has 9 aromatic rings. The van der Waals surface area contributed by atoms with Crippen molar-refractivity contribution in [2.24, 2.45) is 0 Å². The van der Waals surface area contributed by atoms with E-state index < -0.39 is 75.8 Å². The highest BCUT2D eigenvalue weighted by molar-refractivity contribution is 7.93. The highest BCUT2D eigenvalue weighted by atomic mass is 32.2. The maximum Gasteiger partial charge on any atom is 0.243 e. The normalized spacial score (nSPS) is 17.7. The average molecular weight is 1570 g/mol. The first-order valence-electron chi connectivity index (χ1n) is 33.6. The molecular formula is C72H76F2N18O9S6. The summed E-state index contributed by atoms with van der Waals surface area (Å²) in [6.45, 7) is 1.91. The Morgan fingerprint density at radius 1 is 0.411 bits per heavy atom. The van der Waals surface area contributed by atoms with Crippen LogP contribution >= 0.6 is 0 Å². The molecule has 0 radical (unpaired) electrons. The van der Waals surface area contributed by atoms with E-state index in [2.05, 4.69) is 111 Å². The van der Waals surface area contributed by atoms with E-state index in [-0.39, 0.29) is 59.5 Å². The van der Waals surface area contributed by atoms with Crippen LogP contribution in [0.4, 0.5) is 61.1 Å². The number of fused-ring (bicyclic) bond motifs is 12. The van der Waals surface area contributed by atoms with Crippen LogP contribution in [-0.2, 0) is 59.3 Å². The fraction of sp³-hybridized carbons (Fsp3) is 0.250. The van der Waals surface area contributed by atoms with Gasteiger partial charge in [0, 0.05) is 108 Å². The van der Waals surface area contributed by atoms with Crippen LogP contribution in [0, 0.1) is 61.5 Å². The van der Waals surface area contributed by atoms with E-state index in [4.69, 9.17) is 14.3 Å². The molecule has 558 valence electrons. The highest BCUT2D eigenvalue weighted by Crippen LogP contribution is 2.27. The number of anilines is 9. The highest BCUT2D eigenvalue weighted by Gasteiger charge is 2.21. The Morgan fingerprint density at radius 2 is 0.766 bits per heavy atom. The molecule has 12 N–H and O–H groups in total. The Morgan fingerprint density at radius 3 is 1.16 bits per heavy atom. The Balaban J connectivity index is 0.000000172. The first-order valence-corrected chi connectivity index (χ1v) is 43.2. The van der Waals surface area contributed by atoms with Gasteiger partial charge in [-0.3, -0.25) is 0 Å². The molecular weight excluding hydrogens is 1490 g/mol. The van der Waals surface area contributed by atoms with Gasteiger partial charge in [-0.15, -0.1) is 0 Å². The lowest BCUT2D eigenvalue weighted by Gasteiger charge is -2.10. The third kappa shape index (κ3) is 23.2. The number of benzene rings is 6. The molecule has 3 atom stereocenters. The first kappa shape index (κ1) is 79.1. The second-order valence-corrected chi connectivity index (χ2v) is 35.9. The zero-order valence-corrected chi connectivity index (χ0v) is 62.4. The van der Waals surface area contributed by atoms with Crippen molar-refractivity contribution < 1.29 is 46.7 Å². The predicted molar refractivity (Wildman–Crippen MR) is 410 cm³/mol. The minimum atomic E-state index is -3.97. The van der Waals surface area contributed by atoms with Crippen molar-refractivity contribution in [2.75, 3.05) is 88.4 Å². The lowest BCUT2D eigenvalue weighted by atomic mass is 10.2. The van der Waals surface area contributed by atoms with Crippen molar-refractivity contribution >= 4 is 112 Å². The van der Waals surface area contributed by atoms with Crippen molar-refractivity contribution in [1.82, 2.24) is 44.1 Å². The van der Waals surface area contributed by atoms with Gasteiger partial charge >= 0.3 is 0 Å². The molecule has 35 heteroatoms. The molecule has 12 rings (SSSR count). The molecule has 0 spiro atoms. The molecule has 6 aromatic carbocycles. The molecule has 6 heterocycles. The average Bonchev–Trinajstić information content (AvgIpc) is 1.80. The van der Waals surface area contributed by atoms with Crippen LogP contribution in [0.15, 0.2) is 200 Å². The summed E-state index contributed by atoms with van der Waals surface area (Å²) in [6.07, 6.45) is 9.41. The summed E-state index contributed by atoms with van der Waals surface area (Å²) in [6, 6.07) is 38.9. The number of aromatic nitrogens is 6. The van der Waals surface area contributed by atoms with E-state index in [1.165, 1.54) is 36.4 Å². The van der Waals surface area contributed by atoms with Gasteiger partial charge in [0.25, 0.3) is 0 Å². The van der Waals surface area contributed by atoms with Crippen LogP contribution in [0.5, 0.6) is 0 Å². The third-order valence-corrected chi connectivity index (χ3v) is 25.9. The number of hydrogen-bond donors (Lipinski definition) is 12. The number of halogens is 2. The van der Waals surface area contributed by atoms with Gasteiger partial charge in [-0.25, -0.2) is 90.1 Å². The number of sulfonamides is 3. The van der Waals surface area contributed by atoms with Crippen LogP contribution in [0.2, 0.25) is 0 Å². The van der Waals surface area contributed by atoms with Crippen molar-refractivity contribution in [3.63, 3.8) is 0 Å². The molecule has 0 aliphatic carbocycles. The lowest BCUT2D eigenvalue weighted by Crippen LogP contribution is -2.25. The molecule has 3 aromatic heterocycles. The second-order valence-electron chi connectivity index (χ2n) is 23.9. The molecule has 3 aliphatic rings. The molecule has 3 aliphatic heterocycles. The Bertz CT molecular complexity index is 5630. The molecule has 107 heavy (non-hydrogen) atoms. The van der Waals surface area contributed by atoms with Crippen molar-refractivity contribution in [2.45, 2.75) is 87.2 Å². The number of nitrogens with one attached hydrogen (secondary N) is 12. The topological polar surface area (TPSA) is 411 Å². The van der Waals surface area contributed by atoms with E-state index in [0.717, 1.165) is 18.6 Å². The number of hydrogen-bond acceptors (Lipinski definition) is 24. The summed E-state index contributed by atoms with van der Waals surface area (Å²) >= 11 is 0. The van der Waals surface area contributed by atoms with Crippen LogP contribution in [0.1, 0.15) is 74.5 Å². The second kappa shape index (κ2) is 36.7. The predicted octanol–water partition coefficient (Wildman–Crippen LogP) is 10.9. The minimum Gasteiger partial charge on any atom is -0.369 e. The Labute approximate surface area is 622 Å². The summed E-state index contributed by atoms with van der Waals surface area (Å²) in [5.74, 6) is 19.7. The fourth-order valence-electron chi connectivity index (χ4n) is 10.4. The standard InChI is InChI=1S/2C24H25FN6O3S2.C24H26N6O3S2/c25-19-8-5-11-22(15-19)36(33,34)29-13-2-1-7-18-17-28-24-30-20-9-6-10-21(16-20)35(26,32)14-4-3-12-27-23(18)31-24;25-21-11-1-2-12-22(21)36(33,34)29-14-4-3-8-18-17-28-24-30-19-9-7-10-20(16-19)35(26,32)15-6-5-13-27-23(18)31-24;25-34(31)16-7-6-14-26-23-19(18-27-24(30-23)29-20-10-8-13-22(34)17-20)9-4-5-15-28-35(32,33)21-11-2-1-3-12-21/h5-6,8-11,15-17,26,29H,2-4,12-14H2,(H2,27,28,30,31);1-2,7,9-12,16-17,26,29H,4-6,13-15H2,(H2,27,28,30,31);1-3,8,10-13,17-18,25,28H,5-7,14-16H2,(H2,26,27,29,30). The van der Waals surface area contributed by atoms with Gasteiger partial charge in [-0.1, -0.05) is 90.1 Å².